The van der Waals surface area contributed by atoms with Crippen LogP contribution < -0.4 is 4.90 Å². The van der Waals surface area contributed by atoms with Gasteiger partial charge in [0.1, 0.15) is 0 Å². The maximum Gasteiger partial charge on any atom is 0.359 e. The van der Waals surface area contributed by atoms with Crippen LogP contribution in [0.5, 0.6) is 0 Å². The number of carbonyl (C=O) groups is 2. The maximum absolute atomic E-state index is 12.7. The highest BCUT2D eigenvalue weighted by atomic mass is 16.5. The van der Waals surface area contributed by atoms with Crippen LogP contribution in [0.2, 0.25) is 0 Å². The number of nitrogens with zero attached hydrogens (tertiary/aromatic N) is 4. The van der Waals surface area contributed by atoms with Gasteiger partial charge in [0, 0.05) is 18.4 Å². The van der Waals surface area contributed by atoms with Crippen molar-refractivity contribution in [2.24, 2.45) is 0 Å². The third-order valence-electron chi connectivity index (χ3n) is 3.40. The highest BCUT2D eigenvalue weighted by Gasteiger charge is 2.25. The minimum absolute atomic E-state index is 0.0357. The zero-order valence-corrected chi connectivity index (χ0v) is 14.0. The summed E-state index contributed by atoms with van der Waals surface area (Å²) in [6.07, 6.45) is 1.91. The number of nitriles is 1. The predicted octanol–water partition coefficient (Wildman–Crippen LogP) is 2.28. The van der Waals surface area contributed by atoms with E-state index in [9.17, 15) is 9.59 Å². The number of hydrogen-bond acceptors (Lipinski definition) is 6. The Labute approximate surface area is 145 Å². The molecule has 0 aliphatic heterocycles. The Kier molecular flexibility index (Phi) is 6.18. The van der Waals surface area contributed by atoms with Crippen molar-refractivity contribution in [2.45, 2.75) is 26.4 Å². The zero-order chi connectivity index (χ0) is 18.2. The van der Waals surface area contributed by atoms with Crippen LogP contribution >= 0.6 is 0 Å². The van der Waals surface area contributed by atoms with Gasteiger partial charge in [-0.3, -0.25) is 9.78 Å². The quantitative estimate of drug-likeness (QED) is 0.750. The normalized spacial score (nSPS) is 11.2. The van der Waals surface area contributed by atoms with E-state index >= 15 is 0 Å². The molecule has 7 heteroatoms. The van der Waals surface area contributed by atoms with Crippen molar-refractivity contribution < 1.29 is 14.3 Å². The highest BCUT2D eigenvalue weighted by Crippen LogP contribution is 2.16. The van der Waals surface area contributed by atoms with Crippen LogP contribution in [0, 0.1) is 18.3 Å². The lowest BCUT2D eigenvalue weighted by atomic mass is 10.2. The van der Waals surface area contributed by atoms with Gasteiger partial charge in [-0.25, -0.2) is 9.78 Å². The Bertz CT molecular complexity index is 769. The number of aromatic nitrogens is 2. The molecule has 2 aromatic rings. The number of esters is 1. The van der Waals surface area contributed by atoms with E-state index in [4.69, 9.17) is 10.00 Å². The Balaban J connectivity index is 2.11. The van der Waals surface area contributed by atoms with Crippen molar-refractivity contribution in [3.05, 3.63) is 54.1 Å². The van der Waals surface area contributed by atoms with Crippen molar-refractivity contribution in [3.63, 3.8) is 0 Å². The van der Waals surface area contributed by atoms with Crippen molar-refractivity contribution in [1.82, 2.24) is 9.97 Å². The van der Waals surface area contributed by atoms with E-state index in [-0.39, 0.29) is 18.7 Å². The van der Waals surface area contributed by atoms with Gasteiger partial charge in [-0.2, -0.15) is 5.26 Å². The molecule has 128 valence electrons. The summed E-state index contributed by atoms with van der Waals surface area (Å²) in [4.78, 5) is 34.1. The summed E-state index contributed by atoms with van der Waals surface area (Å²) in [7, 11) is 0. The van der Waals surface area contributed by atoms with E-state index in [0.29, 0.717) is 11.4 Å². The van der Waals surface area contributed by atoms with Gasteiger partial charge in [0.2, 0.25) is 0 Å². The van der Waals surface area contributed by atoms with E-state index in [1.54, 1.807) is 31.2 Å². The van der Waals surface area contributed by atoms with E-state index in [0.717, 1.165) is 0 Å². The summed E-state index contributed by atoms with van der Waals surface area (Å²) >= 11 is 0. The number of rotatable bonds is 6. The SMILES string of the molecule is Cc1cnc(C(=O)OC(C)C(=O)N(CCC#N)c2ccccc2)cn1. The molecule has 1 heterocycles. The smallest absolute Gasteiger partial charge is 0.359 e. The fourth-order valence-corrected chi connectivity index (χ4v) is 2.13. The minimum atomic E-state index is -1.02. The average molecular weight is 338 g/mol. The van der Waals surface area contributed by atoms with Crippen molar-refractivity contribution in [3.8, 4) is 6.07 Å². The summed E-state index contributed by atoms with van der Waals surface area (Å²) < 4.78 is 5.20. The van der Waals surface area contributed by atoms with Crippen molar-refractivity contribution in [2.75, 3.05) is 11.4 Å². The molecule has 25 heavy (non-hydrogen) atoms. The Morgan fingerprint density at radius 2 is 1.96 bits per heavy atom. The zero-order valence-electron chi connectivity index (χ0n) is 14.0. The number of carbonyl (C=O) groups excluding carboxylic acids is 2. The lowest BCUT2D eigenvalue weighted by Gasteiger charge is -2.25. The Morgan fingerprint density at radius 3 is 2.56 bits per heavy atom. The molecule has 1 atom stereocenters. The van der Waals surface area contributed by atoms with Crippen LogP contribution in [-0.4, -0.2) is 34.5 Å². The van der Waals surface area contributed by atoms with Gasteiger partial charge in [0.05, 0.1) is 24.4 Å². The number of aryl methyl sites for hydroxylation is 1. The van der Waals surface area contributed by atoms with Crippen molar-refractivity contribution in [1.29, 1.82) is 5.26 Å². The molecule has 0 saturated heterocycles. The molecule has 0 aliphatic carbocycles. The van der Waals surface area contributed by atoms with Gasteiger partial charge in [-0.1, -0.05) is 18.2 Å². The number of anilines is 1. The fraction of sp³-hybridized carbons (Fsp3) is 0.278. The molecule has 7 nitrogen and oxygen atoms in total. The van der Waals surface area contributed by atoms with Crippen LogP contribution in [0.25, 0.3) is 0 Å². The Morgan fingerprint density at radius 1 is 1.24 bits per heavy atom. The molecular weight excluding hydrogens is 320 g/mol. The van der Waals surface area contributed by atoms with Crippen LogP contribution in [0.4, 0.5) is 5.69 Å². The first kappa shape index (κ1) is 18.1. The first-order valence-corrected chi connectivity index (χ1v) is 7.76. The molecule has 0 N–H and O–H groups in total. The number of ether oxygens (including phenoxy) is 1. The molecule has 1 aromatic heterocycles. The predicted molar refractivity (Wildman–Crippen MR) is 90.7 cm³/mol. The van der Waals surface area contributed by atoms with Gasteiger partial charge < -0.3 is 9.64 Å². The fourth-order valence-electron chi connectivity index (χ4n) is 2.13. The second-order valence-corrected chi connectivity index (χ2v) is 5.32. The molecule has 0 bridgehead atoms. The number of hydrogen-bond donors (Lipinski definition) is 0. The molecule has 0 aliphatic rings. The third-order valence-corrected chi connectivity index (χ3v) is 3.40. The van der Waals surface area contributed by atoms with Crippen molar-refractivity contribution >= 4 is 17.6 Å². The largest absolute Gasteiger partial charge is 0.448 e. The van der Waals surface area contributed by atoms with Gasteiger partial charge >= 0.3 is 5.97 Å². The molecular formula is C18H18N4O3. The van der Waals surface area contributed by atoms with E-state index in [1.165, 1.54) is 24.2 Å². The molecule has 1 unspecified atom stereocenters. The Hall–Kier alpha value is -3.27. The van der Waals surface area contributed by atoms with Gasteiger partial charge in [-0.15, -0.1) is 0 Å². The summed E-state index contributed by atoms with van der Waals surface area (Å²) in [6, 6.07) is 10.9. The topological polar surface area (TPSA) is 96.2 Å². The summed E-state index contributed by atoms with van der Waals surface area (Å²) in [6.45, 7) is 3.46. The second-order valence-electron chi connectivity index (χ2n) is 5.32. The minimum Gasteiger partial charge on any atom is -0.448 e. The second kappa shape index (κ2) is 8.55. The lowest BCUT2D eigenvalue weighted by molar-refractivity contribution is -0.126. The third kappa shape index (κ3) is 4.85. The number of benzene rings is 1. The molecule has 2 rings (SSSR count). The molecule has 0 radical (unpaired) electrons. The van der Waals surface area contributed by atoms with Crippen LogP contribution in [0.15, 0.2) is 42.7 Å². The van der Waals surface area contributed by atoms with Gasteiger partial charge in [-0.05, 0) is 26.0 Å². The van der Waals surface area contributed by atoms with E-state index in [2.05, 4.69) is 9.97 Å². The van der Waals surface area contributed by atoms with Crippen LogP contribution in [0.1, 0.15) is 29.5 Å². The van der Waals surface area contributed by atoms with Crippen LogP contribution in [0.3, 0.4) is 0 Å². The van der Waals surface area contributed by atoms with E-state index < -0.39 is 18.0 Å². The maximum atomic E-state index is 12.7. The summed E-state index contributed by atoms with van der Waals surface area (Å²) in [5.41, 5.74) is 1.35. The number of amides is 1. The molecule has 1 aromatic carbocycles. The van der Waals surface area contributed by atoms with Gasteiger partial charge in [0.15, 0.2) is 11.8 Å². The van der Waals surface area contributed by atoms with Crippen LogP contribution in [-0.2, 0) is 9.53 Å². The first-order valence-electron chi connectivity index (χ1n) is 7.76. The van der Waals surface area contributed by atoms with Gasteiger partial charge in [0.25, 0.3) is 5.91 Å². The molecule has 0 saturated carbocycles. The highest BCUT2D eigenvalue weighted by molar-refractivity contribution is 5.98. The summed E-state index contributed by atoms with van der Waals surface area (Å²) in [5, 5.41) is 8.81. The first-order chi connectivity index (χ1) is 12.0. The lowest BCUT2D eigenvalue weighted by Crippen LogP contribution is -2.40. The van der Waals surface area contributed by atoms with E-state index in [1.807, 2.05) is 12.1 Å². The molecule has 0 spiro atoms. The molecule has 1 amide bonds. The summed E-state index contributed by atoms with van der Waals surface area (Å²) in [5.74, 6) is -1.13. The average Bonchev–Trinajstić information content (AvgIpc) is 2.63. The standard InChI is InChI=1S/C18H18N4O3/c1-13-11-21-16(12-20-13)18(24)25-14(2)17(23)22(10-6-9-19)15-7-4-3-5-8-15/h3-5,7-8,11-12,14H,6,10H2,1-2H3. The number of para-hydroxylation sites is 1. The monoisotopic (exact) mass is 338 g/mol. The molecule has 0 fully saturated rings.